The van der Waals surface area contributed by atoms with E-state index in [0.29, 0.717) is 0 Å². The van der Waals surface area contributed by atoms with Crippen LogP contribution in [0.4, 0.5) is 0 Å². The van der Waals surface area contributed by atoms with Crippen LogP contribution < -0.4 is 10.9 Å². The van der Waals surface area contributed by atoms with Crippen molar-refractivity contribution in [1.29, 1.82) is 0 Å². The van der Waals surface area contributed by atoms with Crippen LogP contribution in [0.15, 0.2) is 0 Å². The van der Waals surface area contributed by atoms with Gasteiger partial charge in [-0.15, -0.1) is 0 Å². The molecular formula is C9H15N3O2S2. The molecule has 2 amide bonds. The van der Waals surface area contributed by atoms with E-state index in [-0.39, 0.29) is 17.6 Å². The molecule has 1 aliphatic heterocycles. The Bertz CT molecular complexity index is 290. The van der Waals surface area contributed by atoms with E-state index in [1.807, 2.05) is 0 Å². The fourth-order valence-corrected chi connectivity index (χ4v) is 2.36. The van der Waals surface area contributed by atoms with Crippen LogP contribution in [0.1, 0.15) is 19.8 Å². The van der Waals surface area contributed by atoms with E-state index in [9.17, 15) is 9.59 Å². The van der Waals surface area contributed by atoms with Gasteiger partial charge in [0.2, 0.25) is 11.8 Å². The predicted molar refractivity (Wildman–Crippen MR) is 67.8 cm³/mol. The largest absolute Gasteiger partial charge is 0.358 e. The Kier molecular flexibility index (Phi) is 5.54. The molecule has 1 aliphatic rings. The Morgan fingerprint density at radius 1 is 1.31 bits per heavy atom. The zero-order chi connectivity index (χ0) is 12.0. The summed E-state index contributed by atoms with van der Waals surface area (Å²) in [5.74, 6) is -0.308. The number of thiocarbonyl (C=S) groups is 1. The molecule has 2 N–H and O–H groups in total. The third kappa shape index (κ3) is 4.80. The average Bonchev–Trinajstić information content (AvgIpc) is 2.76. The summed E-state index contributed by atoms with van der Waals surface area (Å²) >= 11 is 6.52. The smallest absolute Gasteiger partial charge is 0.248 e. The van der Waals surface area contributed by atoms with Gasteiger partial charge < -0.3 is 4.90 Å². The Hall–Kier alpha value is -0.820. The molecule has 1 saturated heterocycles. The monoisotopic (exact) mass is 261 g/mol. The number of nitrogens with one attached hydrogen (secondary N) is 2. The molecule has 90 valence electrons. The maximum Gasteiger partial charge on any atom is 0.248 e. The van der Waals surface area contributed by atoms with Gasteiger partial charge >= 0.3 is 0 Å². The fourth-order valence-electron chi connectivity index (χ4n) is 1.31. The van der Waals surface area contributed by atoms with Gasteiger partial charge in [-0.05, 0) is 12.8 Å². The number of hydrazine groups is 1. The minimum atomic E-state index is -0.291. The second-order valence-corrected chi connectivity index (χ2v) is 5.09. The molecule has 0 aromatic carbocycles. The number of rotatable bonds is 2. The molecule has 5 nitrogen and oxygen atoms in total. The molecule has 0 atom stereocenters. The molecule has 0 bridgehead atoms. The summed E-state index contributed by atoms with van der Waals surface area (Å²) in [6.07, 6.45) is 2.33. The summed E-state index contributed by atoms with van der Waals surface area (Å²) in [6.45, 7) is 3.31. The third-order valence-corrected chi connectivity index (χ3v) is 3.59. The highest BCUT2D eigenvalue weighted by Crippen LogP contribution is 2.15. The van der Waals surface area contributed by atoms with Crippen LogP contribution >= 0.6 is 24.0 Å². The summed E-state index contributed by atoms with van der Waals surface area (Å²) in [5, 5.41) is 0. The zero-order valence-electron chi connectivity index (χ0n) is 9.12. The minimum absolute atomic E-state index is 0.232. The van der Waals surface area contributed by atoms with Crippen molar-refractivity contribution < 1.29 is 9.59 Å². The maximum atomic E-state index is 11.2. The van der Waals surface area contributed by atoms with E-state index in [1.165, 1.54) is 31.5 Å². The van der Waals surface area contributed by atoms with Crippen molar-refractivity contribution in [3.05, 3.63) is 0 Å². The van der Waals surface area contributed by atoms with Gasteiger partial charge in [0, 0.05) is 20.0 Å². The van der Waals surface area contributed by atoms with Gasteiger partial charge in [0.25, 0.3) is 0 Å². The van der Waals surface area contributed by atoms with Gasteiger partial charge in [0.1, 0.15) is 4.32 Å². The highest BCUT2D eigenvalue weighted by Gasteiger charge is 2.15. The van der Waals surface area contributed by atoms with Crippen LogP contribution in [0, 0.1) is 0 Å². The molecule has 0 unspecified atom stereocenters. The van der Waals surface area contributed by atoms with Gasteiger partial charge in [0.15, 0.2) is 0 Å². The summed E-state index contributed by atoms with van der Waals surface area (Å²) in [4.78, 5) is 23.9. The number of carbonyl (C=O) groups is 2. The topological polar surface area (TPSA) is 61.4 Å². The first-order valence-corrected chi connectivity index (χ1v) is 6.46. The van der Waals surface area contributed by atoms with E-state index < -0.39 is 0 Å². The molecule has 0 aliphatic carbocycles. The van der Waals surface area contributed by atoms with Crippen molar-refractivity contribution in [2.45, 2.75) is 19.8 Å². The molecule has 0 radical (unpaired) electrons. The second-order valence-electron chi connectivity index (χ2n) is 3.48. The Morgan fingerprint density at radius 3 is 2.50 bits per heavy atom. The number of amides is 2. The van der Waals surface area contributed by atoms with Gasteiger partial charge in [-0.2, -0.15) is 0 Å². The van der Waals surface area contributed by atoms with Crippen molar-refractivity contribution in [3.63, 3.8) is 0 Å². The SMILES string of the molecule is CC(=O)NNC(=O)CSC(=S)N1CCCC1. The fraction of sp³-hybridized carbons (Fsp3) is 0.667. The molecular weight excluding hydrogens is 246 g/mol. The molecule has 0 spiro atoms. The lowest BCUT2D eigenvalue weighted by atomic mass is 10.4. The number of likely N-dealkylation sites (tertiary alicyclic amines) is 1. The first-order chi connectivity index (χ1) is 7.59. The van der Waals surface area contributed by atoms with Crippen LogP contribution in [-0.2, 0) is 9.59 Å². The van der Waals surface area contributed by atoms with Crippen LogP contribution in [0.5, 0.6) is 0 Å². The Balaban J connectivity index is 2.15. The lowest BCUT2D eigenvalue weighted by Gasteiger charge is -2.17. The van der Waals surface area contributed by atoms with E-state index in [2.05, 4.69) is 15.8 Å². The Labute approximate surface area is 104 Å². The van der Waals surface area contributed by atoms with E-state index in [4.69, 9.17) is 12.2 Å². The van der Waals surface area contributed by atoms with E-state index in [1.54, 1.807) is 0 Å². The molecule has 1 rings (SSSR count). The zero-order valence-corrected chi connectivity index (χ0v) is 10.7. The lowest BCUT2D eigenvalue weighted by Crippen LogP contribution is -2.41. The number of nitrogens with zero attached hydrogens (tertiary/aromatic N) is 1. The number of carbonyl (C=O) groups excluding carboxylic acids is 2. The van der Waals surface area contributed by atoms with E-state index >= 15 is 0 Å². The predicted octanol–water partition coefficient (Wildman–Crippen LogP) is 0.268. The average molecular weight is 261 g/mol. The first-order valence-electron chi connectivity index (χ1n) is 5.06. The summed E-state index contributed by atoms with van der Waals surface area (Å²) in [7, 11) is 0. The number of thioether (sulfide) groups is 1. The van der Waals surface area contributed by atoms with Crippen molar-refractivity contribution >= 4 is 40.1 Å². The number of hydrogen-bond donors (Lipinski definition) is 2. The van der Waals surface area contributed by atoms with Gasteiger partial charge in [-0.3, -0.25) is 20.4 Å². The molecule has 7 heteroatoms. The van der Waals surface area contributed by atoms with Gasteiger partial charge in [0.05, 0.1) is 5.75 Å². The van der Waals surface area contributed by atoms with Crippen LogP contribution in [0.3, 0.4) is 0 Å². The summed E-state index contributed by atoms with van der Waals surface area (Å²) < 4.78 is 0.760. The number of hydrogen-bond acceptors (Lipinski definition) is 4. The highest BCUT2D eigenvalue weighted by molar-refractivity contribution is 8.23. The minimum Gasteiger partial charge on any atom is -0.358 e. The van der Waals surface area contributed by atoms with Crippen LogP contribution in [0.2, 0.25) is 0 Å². The Morgan fingerprint density at radius 2 is 1.94 bits per heavy atom. The van der Waals surface area contributed by atoms with Crippen molar-refractivity contribution in [2.24, 2.45) is 0 Å². The molecule has 1 fully saturated rings. The first kappa shape index (κ1) is 13.2. The highest BCUT2D eigenvalue weighted by atomic mass is 32.2. The molecule has 0 saturated carbocycles. The molecule has 1 heterocycles. The quantitative estimate of drug-likeness (QED) is 0.552. The van der Waals surface area contributed by atoms with Crippen molar-refractivity contribution in [3.8, 4) is 0 Å². The van der Waals surface area contributed by atoms with Gasteiger partial charge in [-0.25, -0.2) is 0 Å². The van der Waals surface area contributed by atoms with Crippen LogP contribution in [0.25, 0.3) is 0 Å². The normalized spacial score (nSPS) is 14.7. The van der Waals surface area contributed by atoms with E-state index in [0.717, 1.165) is 17.4 Å². The standard InChI is InChI=1S/C9H15N3O2S2/c1-7(13)10-11-8(14)6-16-9(15)12-4-2-3-5-12/h2-6H2,1H3,(H,10,13)(H,11,14). The third-order valence-electron chi connectivity index (χ3n) is 2.07. The summed E-state index contributed by atoms with van der Waals surface area (Å²) in [6, 6.07) is 0. The maximum absolute atomic E-state index is 11.2. The molecule has 0 aromatic rings. The second kappa shape index (κ2) is 6.70. The lowest BCUT2D eigenvalue weighted by molar-refractivity contribution is -0.126. The van der Waals surface area contributed by atoms with Crippen molar-refractivity contribution in [2.75, 3.05) is 18.8 Å². The van der Waals surface area contributed by atoms with Crippen molar-refractivity contribution in [1.82, 2.24) is 15.8 Å². The molecule has 0 aromatic heterocycles. The summed E-state index contributed by atoms with van der Waals surface area (Å²) in [5.41, 5.74) is 4.52. The molecule has 16 heavy (non-hydrogen) atoms. The van der Waals surface area contributed by atoms with Crippen LogP contribution in [-0.4, -0.2) is 39.9 Å². The van der Waals surface area contributed by atoms with Gasteiger partial charge in [-0.1, -0.05) is 24.0 Å².